The average Bonchev–Trinajstić information content (AvgIpc) is 2.28. The van der Waals surface area contributed by atoms with Crippen LogP contribution in [0.2, 0.25) is 0 Å². The Morgan fingerprint density at radius 1 is 0.882 bits per heavy atom. The van der Waals surface area contributed by atoms with Crippen LogP contribution in [0.25, 0.3) is 0 Å². The maximum absolute atomic E-state index is 6.21. The molecule has 1 heteroatoms. The maximum Gasteiger partial charge on any atom is 0.107 e. The highest BCUT2D eigenvalue weighted by molar-refractivity contribution is 6.22. The molecule has 2 aliphatic carbocycles. The third-order valence-corrected chi connectivity index (χ3v) is 7.08. The molecule has 2 radical (unpaired) electrons. The lowest BCUT2D eigenvalue weighted by Crippen LogP contribution is -2.38. The van der Waals surface area contributed by atoms with Gasteiger partial charge in [-0.2, -0.15) is 0 Å². The molecule has 0 heterocycles. The summed E-state index contributed by atoms with van der Waals surface area (Å²) in [5, 5.41) is 0. The van der Waals surface area contributed by atoms with Gasteiger partial charge in [-0.25, -0.2) is 0 Å². The Bertz CT molecular complexity index is 337. The quantitative estimate of drug-likeness (QED) is 0.535. The minimum atomic E-state index is 0.361. The molecule has 94 valence electrons. The van der Waals surface area contributed by atoms with E-state index in [1.54, 1.807) is 0 Å². The zero-order valence-corrected chi connectivity index (χ0v) is 12.6. The Kier molecular flexibility index (Phi) is 2.67. The molecule has 2 unspecified atom stereocenters. The monoisotopic (exact) mass is 230 g/mol. The van der Waals surface area contributed by atoms with Crippen molar-refractivity contribution in [3.8, 4) is 0 Å². The second kappa shape index (κ2) is 3.42. The molecule has 2 aliphatic rings. The molecule has 0 aliphatic heterocycles. The van der Waals surface area contributed by atoms with Crippen LogP contribution < -0.4 is 0 Å². The summed E-state index contributed by atoms with van der Waals surface area (Å²) >= 11 is 0. The van der Waals surface area contributed by atoms with Crippen molar-refractivity contribution < 1.29 is 0 Å². The summed E-state index contributed by atoms with van der Waals surface area (Å²) in [7, 11) is 6.21. The summed E-state index contributed by atoms with van der Waals surface area (Å²) in [6, 6.07) is 0. The fraction of sp³-hybridized carbons (Fsp3) is 0.875. The van der Waals surface area contributed by atoms with Gasteiger partial charge in [0.1, 0.15) is 7.85 Å². The fourth-order valence-electron chi connectivity index (χ4n) is 4.43. The van der Waals surface area contributed by atoms with Crippen LogP contribution in [0, 0.1) is 28.1 Å². The first-order valence-corrected chi connectivity index (χ1v) is 6.97. The highest BCUT2D eigenvalue weighted by atomic mass is 14.7. The van der Waals surface area contributed by atoms with Gasteiger partial charge in [-0.15, -0.1) is 5.47 Å². The maximum atomic E-state index is 6.21. The van der Waals surface area contributed by atoms with Crippen LogP contribution in [0.1, 0.15) is 61.3 Å². The van der Waals surface area contributed by atoms with E-state index in [1.165, 1.54) is 12.0 Å². The van der Waals surface area contributed by atoms with Gasteiger partial charge in [0, 0.05) is 0 Å². The van der Waals surface area contributed by atoms with Crippen molar-refractivity contribution in [3.05, 3.63) is 11.0 Å². The summed E-state index contributed by atoms with van der Waals surface area (Å²) < 4.78 is 0. The highest BCUT2D eigenvalue weighted by Crippen LogP contribution is 2.70. The van der Waals surface area contributed by atoms with Crippen molar-refractivity contribution in [3.63, 3.8) is 0 Å². The Morgan fingerprint density at radius 2 is 1.29 bits per heavy atom. The lowest BCUT2D eigenvalue weighted by atomic mass is 9.59. The predicted octanol–water partition coefficient (Wildman–Crippen LogP) is 4.55. The number of hydrogen-bond donors (Lipinski definition) is 0. The van der Waals surface area contributed by atoms with E-state index in [1.807, 2.05) is 0 Å². The van der Waals surface area contributed by atoms with E-state index in [4.69, 9.17) is 7.85 Å². The fourth-order valence-corrected chi connectivity index (χ4v) is 4.43. The van der Waals surface area contributed by atoms with Crippen LogP contribution in [0.15, 0.2) is 11.0 Å². The first kappa shape index (κ1) is 13.2. The van der Waals surface area contributed by atoms with Gasteiger partial charge >= 0.3 is 0 Å². The summed E-state index contributed by atoms with van der Waals surface area (Å²) in [4.78, 5) is 0. The molecule has 2 rings (SSSR count). The van der Waals surface area contributed by atoms with Gasteiger partial charge in [-0.05, 0) is 47.8 Å². The molecule has 1 fully saturated rings. The lowest BCUT2D eigenvalue weighted by Gasteiger charge is -2.45. The summed E-state index contributed by atoms with van der Waals surface area (Å²) in [6.45, 7) is 17.0. The molecule has 0 amide bonds. The van der Waals surface area contributed by atoms with Crippen molar-refractivity contribution in [1.29, 1.82) is 0 Å². The van der Waals surface area contributed by atoms with E-state index in [2.05, 4.69) is 48.5 Å². The number of rotatable bonds is 0. The summed E-state index contributed by atoms with van der Waals surface area (Å²) in [5.41, 5.74) is 3.72. The molecule has 0 aromatic carbocycles. The number of hydrogen-bond acceptors (Lipinski definition) is 0. The van der Waals surface area contributed by atoms with Gasteiger partial charge in [0.05, 0.1) is 0 Å². The van der Waals surface area contributed by atoms with Gasteiger partial charge in [-0.3, -0.25) is 0 Å². The molecule has 2 atom stereocenters. The molecule has 0 saturated heterocycles. The molecule has 0 N–H and O–H groups in total. The van der Waals surface area contributed by atoms with Gasteiger partial charge in [0.25, 0.3) is 0 Å². The van der Waals surface area contributed by atoms with Crippen molar-refractivity contribution in [2.45, 2.75) is 61.3 Å². The summed E-state index contributed by atoms with van der Waals surface area (Å²) in [6.07, 6.45) is 2.31. The van der Waals surface area contributed by atoms with Crippen LogP contribution >= 0.6 is 0 Å². The Morgan fingerprint density at radius 3 is 1.76 bits per heavy atom. The molecule has 0 bridgehead atoms. The van der Waals surface area contributed by atoms with E-state index in [0.29, 0.717) is 16.2 Å². The minimum Gasteiger partial charge on any atom is -0.118 e. The molecule has 0 aromatic rings. The van der Waals surface area contributed by atoms with Gasteiger partial charge < -0.3 is 0 Å². The summed E-state index contributed by atoms with van der Waals surface area (Å²) in [5.74, 6) is 1.54. The topological polar surface area (TPSA) is 0 Å². The van der Waals surface area contributed by atoms with Crippen LogP contribution in [-0.4, -0.2) is 7.85 Å². The smallest absolute Gasteiger partial charge is 0.107 e. The van der Waals surface area contributed by atoms with Crippen molar-refractivity contribution in [2.75, 3.05) is 0 Å². The average molecular weight is 230 g/mol. The minimum absolute atomic E-state index is 0.361. The Balaban J connectivity index is 2.51. The molecule has 0 nitrogen and oxygen atoms in total. The van der Waals surface area contributed by atoms with Crippen LogP contribution in [0.3, 0.4) is 0 Å². The van der Waals surface area contributed by atoms with E-state index in [-0.39, 0.29) is 0 Å². The zero-order chi connectivity index (χ0) is 13.2. The molecular formula is C16H27B. The highest BCUT2D eigenvalue weighted by Gasteiger charge is 2.63. The van der Waals surface area contributed by atoms with E-state index in [0.717, 1.165) is 23.7 Å². The third-order valence-electron chi connectivity index (χ3n) is 7.08. The van der Waals surface area contributed by atoms with Crippen molar-refractivity contribution in [1.82, 2.24) is 0 Å². The van der Waals surface area contributed by atoms with E-state index >= 15 is 0 Å². The standard InChI is InChI=1S/C16H27B/c1-10-8-11-12(9-13(10)17)15(4,5)16(6,7)14(11,2)3/h11-12H,8-9H2,1-7H3. The van der Waals surface area contributed by atoms with Crippen molar-refractivity contribution >= 4 is 7.85 Å². The molecule has 1 saturated carbocycles. The Labute approximate surface area is 109 Å². The second-order valence-corrected chi connectivity index (χ2v) is 8.00. The Hall–Kier alpha value is -0.195. The number of allylic oxidation sites excluding steroid dienone is 2. The molecule has 0 spiro atoms. The van der Waals surface area contributed by atoms with Gasteiger partial charge in [0.2, 0.25) is 0 Å². The van der Waals surface area contributed by atoms with Crippen LogP contribution in [0.4, 0.5) is 0 Å². The van der Waals surface area contributed by atoms with Crippen LogP contribution in [-0.2, 0) is 0 Å². The first-order valence-electron chi connectivity index (χ1n) is 6.97. The van der Waals surface area contributed by atoms with Gasteiger partial charge in [-0.1, -0.05) is 47.1 Å². The molecular weight excluding hydrogens is 203 g/mol. The van der Waals surface area contributed by atoms with E-state index < -0.39 is 0 Å². The second-order valence-electron chi connectivity index (χ2n) is 8.00. The first-order chi connectivity index (χ1) is 7.53. The zero-order valence-electron chi connectivity index (χ0n) is 12.6. The predicted molar refractivity (Wildman–Crippen MR) is 76.0 cm³/mol. The van der Waals surface area contributed by atoms with Crippen LogP contribution in [0.5, 0.6) is 0 Å². The number of fused-ring (bicyclic) bond motifs is 1. The largest absolute Gasteiger partial charge is 0.118 e. The van der Waals surface area contributed by atoms with Crippen molar-refractivity contribution in [2.24, 2.45) is 28.1 Å². The normalized spacial score (nSPS) is 38.1. The third kappa shape index (κ3) is 1.44. The SMILES string of the molecule is [B]C1=C(C)CC2C(C1)C(C)(C)C(C)(C)C2(C)C. The molecule has 17 heavy (non-hydrogen) atoms. The molecule has 0 aromatic heterocycles. The lowest BCUT2D eigenvalue weighted by molar-refractivity contribution is 0.0318. The van der Waals surface area contributed by atoms with Gasteiger partial charge in [0.15, 0.2) is 0 Å². The van der Waals surface area contributed by atoms with E-state index in [9.17, 15) is 0 Å².